The molecule has 0 amide bonds. The Morgan fingerprint density at radius 1 is 1.10 bits per heavy atom. The molecule has 0 aromatic heterocycles. The largest absolute Gasteiger partial charge is 0.478 e. The number of hydrogen-bond acceptors (Lipinski definition) is 2. The molecule has 0 atom stereocenters. The number of aliphatic carboxylic acids is 2. The van der Waals surface area contributed by atoms with Crippen molar-refractivity contribution < 1.29 is 19.8 Å². The molecule has 4 heteroatoms. The van der Waals surface area contributed by atoms with E-state index in [-0.39, 0.29) is 0 Å². The van der Waals surface area contributed by atoms with Crippen molar-refractivity contribution in [2.24, 2.45) is 5.92 Å². The molecule has 116 valence electrons. The summed E-state index contributed by atoms with van der Waals surface area (Å²) in [6, 6.07) is 0. The summed E-state index contributed by atoms with van der Waals surface area (Å²) >= 11 is 0. The van der Waals surface area contributed by atoms with Gasteiger partial charge in [-0.15, -0.1) is 0 Å². The molecule has 4 nitrogen and oxygen atoms in total. The van der Waals surface area contributed by atoms with Crippen molar-refractivity contribution in [3.8, 4) is 0 Å². The van der Waals surface area contributed by atoms with Gasteiger partial charge in [-0.05, 0) is 25.7 Å². The number of allylic oxidation sites excluding steroid dienone is 1. The minimum Gasteiger partial charge on any atom is -0.478 e. The third-order valence-corrected chi connectivity index (χ3v) is 2.70. The van der Waals surface area contributed by atoms with Gasteiger partial charge in [0.2, 0.25) is 0 Å². The smallest absolute Gasteiger partial charge is 0.330 e. The van der Waals surface area contributed by atoms with Crippen LogP contribution in [0.2, 0.25) is 0 Å². The van der Waals surface area contributed by atoms with E-state index >= 15 is 0 Å². The molecule has 0 aliphatic heterocycles. The maximum atomic E-state index is 10.5. The van der Waals surface area contributed by atoms with Gasteiger partial charge in [0.15, 0.2) is 0 Å². The highest BCUT2D eigenvalue weighted by Crippen LogP contribution is 2.11. The Bertz CT molecular complexity index is 316. The summed E-state index contributed by atoms with van der Waals surface area (Å²) in [4.78, 5) is 19.7. The van der Waals surface area contributed by atoms with Gasteiger partial charge in [-0.25, -0.2) is 9.59 Å². The quantitative estimate of drug-likeness (QED) is 0.489. The maximum Gasteiger partial charge on any atom is 0.330 e. The van der Waals surface area contributed by atoms with Crippen molar-refractivity contribution >= 4 is 11.9 Å². The van der Waals surface area contributed by atoms with Crippen LogP contribution >= 0.6 is 0 Å². The van der Waals surface area contributed by atoms with E-state index in [2.05, 4.69) is 20.4 Å². The molecule has 0 aliphatic carbocycles. The highest BCUT2D eigenvalue weighted by Gasteiger charge is 1.98. The second kappa shape index (κ2) is 13.8. The fourth-order valence-electron chi connectivity index (χ4n) is 1.46. The van der Waals surface area contributed by atoms with Crippen LogP contribution < -0.4 is 0 Å². The molecule has 0 saturated heterocycles. The second-order valence-corrected chi connectivity index (χ2v) is 5.12. The lowest BCUT2D eigenvalue weighted by atomic mass is 10.0. The number of hydrogen-bond donors (Lipinski definition) is 2. The van der Waals surface area contributed by atoms with E-state index in [1.807, 2.05) is 6.08 Å². The van der Waals surface area contributed by atoms with Crippen LogP contribution in [0.4, 0.5) is 0 Å². The van der Waals surface area contributed by atoms with Crippen molar-refractivity contribution in [3.63, 3.8) is 0 Å². The van der Waals surface area contributed by atoms with Crippen molar-refractivity contribution in [1.82, 2.24) is 0 Å². The van der Waals surface area contributed by atoms with Gasteiger partial charge in [0.25, 0.3) is 0 Å². The highest BCUT2D eigenvalue weighted by molar-refractivity contribution is 5.85. The van der Waals surface area contributed by atoms with Crippen molar-refractivity contribution in [2.75, 3.05) is 0 Å². The van der Waals surface area contributed by atoms with Crippen LogP contribution in [0, 0.1) is 5.92 Å². The molecule has 0 rings (SSSR count). The summed E-state index contributed by atoms with van der Waals surface area (Å²) in [5, 5.41) is 16.2. The number of rotatable bonds is 9. The van der Waals surface area contributed by atoms with E-state index in [1.165, 1.54) is 25.7 Å². The molecule has 0 fully saturated rings. The molecule has 2 N–H and O–H groups in total. The summed E-state index contributed by atoms with van der Waals surface area (Å²) < 4.78 is 0. The van der Waals surface area contributed by atoms with E-state index < -0.39 is 11.9 Å². The molecule has 0 aliphatic rings. The Morgan fingerprint density at radius 2 is 1.60 bits per heavy atom. The Kier molecular flexibility index (Phi) is 14.3. The summed E-state index contributed by atoms with van der Waals surface area (Å²) in [6.07, 6.45) is 9.78. The van der Waals surface area contributed by atoms with Crippen LogP contribution in [-0.2, 0) is 9.59 Å². The van der Waals surface area contributed by atoms with E-state index in [0.29, 0.717) is 5.57 Å². The van der Waals surface area contributed by atoms with E-state index in [4.69, 9.17) is 10.2 Å². The molecule has 0 aromatic carbocycles. The van der Waals surface area contributed by atoms with Crippen molar-refractivity contribution in [2.45, 2.75) is 59.3 Å². The molecule has 0 aromatic rings. The highest BCUT2D eigenvalue weighted by atomic mass is 16.4. The fraction of sp³-hybridized carbons (Fsp3) is 0.625. The fourth-order valence-corrected chi connectivity index (χ4v) is 1.46. The number of carboxylic acid groups (broad SMARTS) is 2. The molecule has 0 heterocycles. The van der Waals surface area contributed by atoms with Gasteiger partial charge < -0.3 is 10.2 Å². The van der Waals surface area contributed by atoms with Crippen LogP contribution in [0.15, 0.2) is 24.3 Å². The first-order valence-corrected chi connectivity index (χ1v) is 7.06. The molecule has 0 radical (unpaired) electrons. The summed E-state index contributed by atoms with van der Waals surface area (Å²) in [5.41, 5.74) is 0.470. The third kappa shape index (κ3) is 18.8. The van der Waals surface area contributed by atoms with E-state index in [1.54, 1.807) is 6.92 Å². The van der Waals surface area contributed by atoms with E-state index in [9.17, 15) is 9.59 Å². The van der Waals surface area contributed by atoms with Crippen molar-refractivity contribution in [1.29, 1.82) is 0 Å². The van der Waals surface area contributed by atoms with Gasteiger partial charge in [-0.2, -0.15) is 0 Å². The van der Waals surface area contributed by atoms with Crippen LogP contribution in [0.25, 0.3) is 0 Å². The average Bonchev–Trinajstić information content (AvgIpc) is 2.37. The Balaban J connectivity index is 0. The molecule has 0 saturated carbocycles. The normalized spacial score (nSPS) is 10.7. The lowest BCUT2D eigenvalue weighted by Gasteiger charge is -2.03. The average molecular weight is 284 g/mol. The zero-order valence-corrected chi connectivity index (χ0v) is 12.9. The van der Waals surface area contributed by atoms with Gasteiger partial charge in [-0.1, -0.05) is 52.2 Å². The molecular weight excluding hydrogens is 256 g/mol. The summed E-state index contributed by atoms with van der Waals surface area (Å²) in [5.74, 6) is -0.973. The van der Waals surface area contributed by atoms with Gasteiger partial charge in [0, 0.05) is 11.6 Å². The van der Waals surface area contributed by atoms with Crippen molar-refractivity contribution in [3.05, 3.63) is 24.3 Å². The standard InChI is InChI=1S/C13H24O2.C3H4O2/c1-11(2)9-7-5-4-6-8-10-12(3)13(14)15;1-2-3(4)5/h10-11H,4-9H2,1-3H3,(H,14,15);2H,1H2,(H,4,5). The Hall–Kier alpha value is -1.58. The zero-order chi connectivity index (χ0) is 16.0. The van der Waals surface area contributed by atoms with E-state index in [0.717, 1.165) is 24.8 Å². The summed E-state index contributed by atoms with van der Waals surface area (Å²) in [6.45, 7) is 9.11. The second-order valence-electron chi connectivity index (χ2n) is 5.12. The molecule has 20 heavy (non-hydrogen) atoms. The van der Waals surface area contributed by atoms with Crippen LogP contribution in [-0.4, -0.2) is 22.2 Å². The first-order chi connectivity index (χ1) is 9.31. The predicted octanol–water partition coefficient (Wildman–Crippen LogP) is 4.27. The predicted molar refractivity (Wildman–Crippen MR) is 81.8 cm³/mol. The monoisotopic (exact) mass is 284 g/mol. The summed E-state index contributed by atoms with van der Waals surface area (Å²) in [7, 11) is 0. The molecule has 0 spiro atoms. The van der Waals surface area contributed by atoms with Gasteiger partial charge >= 0.3 is 11.9 Å². The molecular formula is C16H28O4. The number of carboxylic acids is 2. The van der Waals surface area contributed by atoms with Crippen LogP contribution in [0.1, 0.15) is 59.3 Å². The SMILES string of the molecule is C=CC(=O)O.CC(=CCCCCCCC(C)C)C(=O)O. The molecule has 0 unspecified atom stereocenters. The van der Waals surface area contributed by atoms with Gasteiger partial charge in [-0.3, -0.25) is 0 Å². The maximum absolute atomic E-state index is 10.5. The lowest BCUT2D eigenvalue weighted by Crippen LogP contribution is -1.95. The number of unbranched alkanes of at least 4 members (excludes halogenated alkanes) is 4. The van der Waals surface area contributed by atoms with Crippen LogP contribution in [0.5, 0.6) is 0 Å². The Labute approximate surface area is 122 Å². The minimum absolute atomic E-state index is 0.470. The molecule has 0 bridgehead atoms. The van der Waals surface area contributed by atoms with Gasteiger partial charge in [0.05, 0.1) is 0 Å². The minimum atomic E-state index is -0.981. The third-order valence-electron chi connectivity index (χ3n) is 2.70. The first kappa shape index (κ1) is 20.7. The van der Waals surface area contributed by atoms with Gasteiger partial charge in [0.1, 0.15) is 0 Å². The Morgan fingerprint density at radius 3 is 2.00 bits per heavy atom. The zero-order valence-electron chi connectivity index (χ0n) is 12.9. The van der Waals surface area contributed by atoms with Crippen LogP contribution in [0.3, 0.4) is 0 Å². The lowest BCUT2D eigenvalue weighted by molar-refractivity contribution is -0.133. The number of carbonyl (C=O) groups is 2. The first-order valence-electron chi connectivity index (χ1n) is 7.06. The topological polar surface area (TPSA) is 74.6 Å².